The van der Waals surface area contributed by atoms with Crippen LogP contribution >= 0.6 is 27.3 Å². The Balaban J connectivity index is 1.57. The van der Waals surface area contributed by atoms with Gasteiger partial charge in [-0.1, -0.05) is 0 Å². The largest absolute Gasteiger partial charge is 0.307 e. The molecule has 1 aliphatic rings. The highest BCUT2D eigenvalue weighted by Crippen LogP contribution is 2.39. The van der Waals surface area contributed by atoms with E-state index in [0.29, 0.717) is 0 Å². The van der Waals surface area contributed by atoms with Crippen LogP contribution in [0.4, 0.5) is 0 Å². The van der Waals surface area contributed by atoms with Crippen LogP contribution in [0.25, 0.3) is 0 Å². The molecule has 1 aliphatic carbocycles. The molecule has 0 unspecified atom stereocenters. The maximum atomic E-state index is 4.56. The summed E-state index contributed by atoms with van der Waals surface area (Å²) in [6.45, 7) is 1.72. The Labute approximate surface area is 119 Å². The average molecular weight is 326 g/mol. The van der Waals surface area contributed by atoms with Gasteiger partial charge >= 0.3 is 0 Å². The van der Waals surface area contributed by atoms with Crippen molar-refractivity contribution >= 4 is 27.3 Å². The van der Waals surface area contributed by atoms with Crippen LogP contribution in [0, 0.1) is 0 Å². The van der Waals surface area contributed by atoms with E-state index in [2.05, 4.69) is 43.2 Å². The zero-order valence-electron chi connectivity index (χ0n) is 10.3. The van der Waals surface area contributed by atoms with Gasteiger partial charge in [0.15, 0.2) is 0 Å². The summed E-state index contributed by atoms with van der Waals surface area (Å²) in [6.07, 6.45) is 2.66. The first-order chi connectivity index (χ1) is 8.74. The smallest absolute Gasteiger partial charge is 0.0765 e. The van der Waals surface area contributed by atoms with Gasteiger partial charge in [0.1, 0.15) is 0 Å². The lowest BCUT2D eigenvalue weighted by Crippen LogP contribution is -2.13. The van der Waals surface area contributed by atoms with Gasteiger partial charge in [0.25, 0.3) is 0 Å². The molecule has 3 nitrogen and oxygen atoms in total. The third-order valence-corrected chi connectivity index (χ3v) is 5.11. The number of hydrogen-bond acceptors (Lipinski definition) is 3. The number of nitrogens with one attached hydrogen (secondary N) is 1. The van der Waals surface area contributed by atoms with Gasteiger partial charge < -0.3 is 5.32 Å². The van der Waals surface area contributed by atoms with E-state index in [1.165, 1.54) is 28.6 Å². The second kappa shape index (κ2) is 5.15. The Morgan fingerprint density at radius 2 is 2.28 bits per heavy atom. The predicted octanol–water partition coefficient (Wildman–Crippen LogP) is 3.41. The Bertz CT molecular complexity index is 542. The van der Waals surface area contributed by atoms with Crippen LogP contribution in [0.1, 0.15) is 35.7 Å². The number of hydrogen-bond donors (Lipinski definition) is 1. The molecule has 0 aliphatic heterocycles. The summed E-state index contributed by atoms with van der Waals surface area (Å²) in [4.78, 5) is 0. The molecule has 0 bridgehead atoms. The van der Waals surface area contributed by atoms with Gasteiger partial charge in [-0.25, -0.2) is 0 Å². The zero-order chi connectivity index (χ0) is 12.5. The standard InChI is InChI=1S/C13H16BrN3S/c1-17-13(9-2-3-9)4-11(16-17)6-15-5-10-7-18-8-12(10)14/h4,7-9,15H,2-3,5-6H2,1H3. The third kappa shape index (κ3) is 2.68. The lowest BCUT2D eigenvalue weighted by molar-refractivity contribution is 0.648. The molecule has 1 N–H and O–H groups in total. The minimum atomic E-state index is 0.766. The Kier molecular flexibility index (Phi) is 3.54. The van der Waals surface area contributed by atoms with E-state index in [0.717, 1.165) is 24.7 Å². The van der Waals surface area contributed by atoms with Gasteiger partial charge in [-0.05, 0) is 45.8 Å². The van der Waals surface area contributed by atoms with Gasteiger partial charge in [0.05, 0.1) is 5.69 Å². The van der Waals surface area contributed by atoms with Crippen LogP contribution in [-0.4, -0.2) is 9.78 Å². The first kappa shape index (κ1) is 12.4. The molecule has 0 saturated heterocycles. The van der Waals surface area contributed by atoms with Crippen molar-refractivity contribution in [2.75, 3.05) is 0 Å². The maximum absolute atomic E-state index is 4.56. The van der Waals surface area contributed by atoms with E-state index in [1.807, 2.05) is 11.7 Å². The third-order valence-electron chi connectivity index (χ3n) is 3.27. The van der Waals surface area contributed by atoms with Crippen molar-refractivity contribution in [1.82, 2.24) is 15.1 Å². The highest BCUT2D eigenvalue weighted by Gasteiger charge is 2.26. The van der Waals surface area contributed by atoms with Crippen molar-refractivity contribution < 1.29 is 0 Å². The van der Waals surface area contributed by atoms with E-state index < -0.39 is 0 Å². The van der Waals surface area contributed by atoms with Gasteiger partial charge in [-0.2, -0.15) is 16.4 Å². The molecule has 5 heteroatoms. The highest BCUT2D eigenvalue weighted by atomic mass is 79.9. The molecule has 0 aromatic carbocycles. The molecule has 2 heterocycles. The summed E-state index contributed by atoms with van der Waals surface area (Å²) < 4.78 is 3.23. The molecule has 0 spiro atoms. The summed E-state index contributed by atoms with van der Waals surface area (Å²) in [6, 6.07) is 2.24. The molecule has 3 rings (SSSR count). The molecule has 0 amide bonds. The first-order valence-corrected chi connectivity index (χ1v) is 7.91. The fourth-order valence-electron chi connectivity index (χ4n) is 2.15. The number of halogens is 1. The molecular weight excluding hydrogens is 310 g/mol. The number of thiophene rings is 1. The molecular formula is C13H16BrN3S. The van der Waals surface area contributed by atoms with Gasteiger partial charge in [-0.15, -0.1) is 0 Å². The van der Waals surface area contributed by atoms with Crippen LogP contribution < -0.4 is 5.32 Å². The summed E-state index contributed by atoms with van der Waals surface area (Å²) in [5.41, 5.74) is 3.85. The van der Waals surface area contributed by atoms with Crippen molar-refractivity contribution in [3.8, 4) is 0 Å². The van der Waals surface area contributed by atoms with Crippen LogP contribution in [0.2, 0.25) is 0 Å². The quantitative estimate of drug-likeness (QED) is 0.912. The van der Waals surface area contributed by atoms with Crippen molar-refractivity contribution in [1.29, 1.82) is 0 Å². The van der Waals surface area contributed by atoms with Gasteiger partial charge in [-0.3, -0.25) is 4.68 Å². The first-order valence-electron chi connectivity index (χ1n) is 6.18. The topological polar surface area (TPSA) is 29.9 Å². The van der Waals surface area contributed by atoms with E-state index in [4.69, 9.17) is 0 Å². The fourth-order valence-corrected chi connectivity index (χ4v) is 3.59. The Hall–Kier alpha value is -0.650. The Morgan fingerprint density at radius 3 is 2.94 bits per heavy atom. The number of nitrogens with zero attached hydrogens (tertiary/aromatic N) is 2. The summed E-state index contributed by atoms with van der Waals surface area (Å²) in [5, 5.41) is 12.3. The lowest BCUT2D eigenvalue weighted by atomic mass is 10.2. The monoisotopic (exact) mass is 325 g/mol. The average Bonchev–Trinajstić information content (AvgIpc) is 3.01. The number of aryl methyl sites for hydroxylation is 1. The summed E-state index contributed by atoms with van der Waals surface area (Å²) >= 11 is 5.27. The maximum Gasteiger partial charge on any atom is 0.0765 e. The van der Waals surface area contributed by atoms with E-state index in [-0.39, 0.29) is 0 Å². The predicted molar refractivity (Wildman–Crippen MR) is 77.7 cm³/mol. The second-order valence-electron chi connectivity index (χ2n) is 4.81. The van der Waals surface area contributed by atoms with Crippen molar-refractivity contribution in [3.63, 3.8) is 0 Å². The summed E-state index contributed by atoms with van der Waals surface area (Å²) in [5.74, 6) is 0.766. The molecule has 2 aromatic heterocycles. The van der Waals surface area contributed by atoms with Gasteiger partial charge in [0, 0.05) is 41.6 Å². The SMILES string of the molecule is Cn1nc(CNCc2cscc2Br)cc1C1CC1. The van der Waals surface area contributed by atoms with Crippen LogP contribution in [0.5, 0.6) is 0 Å². The second-order valence-corrected chi connectivity index (χ2v) is 6.40. The van der Waals surface area contributed by atoms with E-state index in [9.17, 15) is 0 Å². The minimum Gasteiger partial charge on any atom is -0.307 e. The molecule has 1 fully saturated rings. The molecule has 0 atom stereocenters. The highest BCUT2D eigenvalue weighted by molar-refractivity contribution is 9.10. The molecule has 18 heavy (non-hydrogen) atoms. The normalized spacial score (nSPS) is 15.2. The fraction of sp³-hybridized carbons (Fsp3) is 0.462. The number of rotatable bonds is 5. The molecule has 2 aromatic rings. The summed E-state index contributed by atoms with van der Waals surface area (Å²) in [7, 11) is 2.05. The van der Waals surface area contributed by atoms with Crippen molar-refractivity contribution in [2.45, 2.75) is 31.8 Å². The van der Waals surface area contributed by atoms with E-state index >= 15 is 0 Å². The van der Waals surface area contributed by atoms with Crippen molar-refractivity contribution in [3.05, 3.63) is 38.3 Å². The van der Waals surface area contributed by atoms with Gasteiger partial charge in [0.2, 0.25) is 0 Å². The number of aromatic nitrogens is 2. The van der Waals surface area contributed by atoms with Crippen LogP contribution in [0.15, 0.2) is 21.3 Å². The lowest BCUT2D eigenvalue weighted by Gasteiger charge is -2.01. The van der Waals surface area contributed by atoms with Crippen molar-refractivity contribution in [2.24, 2.45) is 7.05 Å². The molecule has 96 valence electrons. The Morgan fingerprint density at radius 1 is 1.44 bits per heavy atom. The zero-order valence-corrected chi connectivity index (χ0v) is 12.7. The molecule has 0 radical (unpaired) electrons. The van der Waals surface area contributed by atoms with Crippen LogP contribution in [0.3, 0.4) is 0 Å². The molecule has 1 saturated carbocycles. The minimum absolute atomic E-state index is 0.766. The van der Waals surface area contributed by atoms with E-state index in [1.54, 1.807) is 11.3 Å². The van der Waals surface area contributed by atoms with Crippen LogP contribution in [-0.2, 0) is 20.1 Å².